The lowest BCUT2D eigenvalue weighted by molar-refractivity contribution is -0.915. The summed E-state index contributed by atoms with van der Waals surface area (Å²) in [6.07, 6.45) is 0. The van der Waals surface area contributed by atoms with Gasteiger partial charge in [0.1, 0.15) is 18.1 Å². The van der Waals surface area contributed by atoms with E-state index < -0.39 is 0 Å². The summed E-state index contributed by atoms with van der Waals surface area (Å²) in [5.41, 5.74) is 2.28. The number of rotatable bonds is 5. The van der Waals surface area contributed by atoms with E-state index >= 15 is 0 Å². The second-order valence-corrected chi connectivity index (χ2v) is 8.25. The summed E-state index contributed by atoms with van der Waals surface area (Å²) in [6, 6.07) is 21.5. The van der Waals surface area contributed by atoms with E-state index in [9.17, 15) is 9.18 Å². The third-order valence-electron chi connectivity index (χ3n) is 6.23. The van der Waals surface area contributed by atoms with Crippen molar-refractivity contribution in [2.24, 2.45) is 0 Å². The van der Waals surface area contributed by atoms with Gasteiger partial charge in [-0.15, -0.1) is 0 Å². The molecule has 1 aliphatic rings. The van der Waals surface area contributed by atoms with E-state index in [-0.39, 0.29) is 11.4 Å². The van der Waals surface area contributed by atoms with Crippen molar-refractivity contribution in [3.05, 3.63) is 94.8 Å². The fourth-order valence-electron chi connectivity index (χ4n) is 4.51. The molecule has 1 aliphatic heterocycles. The summed E-state index contributed by atoms with van der Waals surface area (Å²) in [7, 11) is 1.69. The van der Waals surface area contributed by atoms with Gasteiger partial charge in [0.05, 0.1) is 55.6 Å². The number of benzene rings is 3. The minimum absolute atomic E-state index is 0.130. The molecule has 7 heteroatoms. The molecule has 3 aromatic carbocycles. The maximum Gasteiger partial charge on any atom is 0.266 e. The predicted molar refractivity (Wildman–Crippen MR) is 127 cm³/mol. The molecule has 168 valence electrons. The van der Waals surface area contributed by atoms with Crippen molar-refractivity contribution in [3.8, 4) is 11.4 Å². The largest absolute Gasteiger partial charge is 0.495 e. The van der Waals surface area contributed by atoms with E-state index in [0.717, 1.165) is 37.6 Å². The monoisotopic (exact) mass is 445 g/mol. The summed E-state index contributed by atoms with van der Waals surface area (Å²) < 4.78 is 20.7. The van der Waals surface area contributed by atoms with Crippen LogP contribution in [0.4, 0.5) is 10.1 Å². The molecule has 1 fully saturated rings. The highest BCUT2D eigenvalue weighted by Crippen LogP contribution is 2.27. The van der Waals surface area contributed by atoms with Crippen LogP contribution in [-0.2, 0) is 6.54 Å². The number of nitrogens with zero attached hydrogens (tertiary/aromatic N) is 3. The minimum Gasteiger partial charge on any atom is -0.495 e. The Morgan fingerprint density at radius 2 is 1.67 bits per heavy atom. The quantitative estimate of drug-likeness (QED) is 0.513. The summed E-state index contributed by atoms with van der Waals surface area (Å²) in [5.74, 6) is 1.23. The topological polar surface area (TPSA) is 51.8 Å². The molecule has 0 spiro atoms. The van der Waals surface area contributed by atoms with E-state index in [1.807, 2.05) is 36.4 Å². The molecule has 0 saturated carbocycles. The SMILES string of the molecule is COc1ccccc1N1CC[NH+](Cc2nc3ccccc3c(=O)n2-c2ccc(F)cc2)CC1. The molecule has 6 nitrogen and oxygen atoms in total. The normalized spacial score (nSPS) is 14.5. The molecule has 0 bridgehead atoms. The first-order chi connectivity index (χ1) is 16.1. The van der Waals surface area contributed by atoms with Crippen molar-refractivity contribution in [2.45, 2.75) is 6.54 Å². The molecule has 0 aliphatic carbocycles. The maximum atomic E-state index is 13.5. The molecular formula is C26H26FN4O2+. The molecule has 2 heterocycles. The van der Waals surface area contributed by atoms with Gasteiger partial charge in [0.25, 0.3) is 5.56 Å². The molecule has 0 atom stereocenters. The van der Waals surface area contributed by atoms with Crippen LogP contribution in [-0.4, -0.2) is 42.8 Å². The maximum absolute atomic E-state index is 13.5. The summed E-state index contributed by atoms with van der Waals surface area (Å²) >= 11 is 0. The van der Waals surface area contributed by atoms with E-state index in [4.69, 9.17) is 9.72 Å². The van der Waals surface area contributed by atoms with Crippen LogP contribution in [0.15, 0.2) is 77.6 Å². The van der Waals surface area contributed by atoms with Crippen molar-refractivity contribution >= 4 is 16.6 Å². The summed E-state index contributed by atoms with van der Waals surface area (Å²) in [5, 5.41) is 0.557. The van der Waals surface area contributed by atoms with Crippen molar-refractivity contribution in [3.63, 3.8) is 0 Å². The second kappa shape index (κ2) is 9.03. The first-order valence-electron chi connectivity index (χ1n) is 11.1. The molecule has 0 unspecified atom stereocenters. The van der Waals surface area contributed by atoms with Gasteiger partial charge in [0.15, 0.2) is 5.82 Å². The Balaban J connectivity index is 1.44. The van der Waals surface area contributed by atoms with Crippen LogP contribution in [0.1, 0.15) is 5.82 Å². The van der Waals surface area contributed by atoms with Gasteiger partial charge in [-0.3, -0.25) is 9.36 Å². The number of ether oxygens (including phenoxy) is 1. The van der Waals surface area contributed by atoms with Gasteiger partial charge in [0.2, 0.25) is 0 Å². The van der Waals surface area contributed by atoms with Crippen LogP contribution >= 0.6 is 0 Å². The number of methoxy groups -OCH3 is 1. The molecule has 1 aromatic heterocycles. The van der Waals surface area contributed by atoms with Crippen molar-refractivity contribution < 1.29 is 14.0 Å². The standard InChI is InChI=1S/C26H25FN4O2/c1-33-24-9-5-4-8-23(24)30-16-14-29(15-17-30)18-25-28-22-7-3-2-6-21(22)26(32)31(25)20-12-10-19(27)11-13-20/h2-13H,14-18H2,1H3/p+1. The Morgan fingerprint density at radius 3 is 2.42 bits per heavy atom. The smallest absolute Gasteiger partial charge is 0.266 e. The van der Waals surface area contributed by atoms with Crippen molar-refractivity contribution in [1.82, 2.24) is 9.55 Å². The molecule has 33 heavy (non-hydrogen) atoms. The van der Waals surface area contributed by atoms with Gasteiger partial charge < -0.3 is 14.5 Å². The Labute approximate surface area is 191 Å². The molecule has 0 amide bonds. The fourth-order valence-corrected chi connectivity index (χ4v) is 4.51. The highest BCUT2D eigenvalue weighted by Gasteiger charge is 2.24. The van der Waals surface area contributed by atoms with Crippen LogP contribution in [0.5, 0.6) is 5.75 Å². The Morgan fingerprint density at radius 1 is 0.970 bits per heavy atom. The van der Waals surface area contributed by atoms with Crippen molar-refractivity contribution in [2.75, 3.05) is 38.2 Å². The van der Waals surface area contributed by atoms with E-state index in [2.05, 4.69) is 11.0 Å². The molecular weight excluding hydrogens is 419 g/mol. The zero-order valence-corrected chi connectivity index (χ0v) is 18.5. The third kappa shape index (κ3) is 4.19. The number of hydrogen-bond donors (Lipinski definition) is 1. The fraction of sp³-hybridized carbons (Fsp3) is 0.231. The zero-order chi connectivity index (χ0) is 22.8. The van der Waals surface area contributed by atoms with Gasteiger partial charge in [-0.1, -0.05) is 24.3 Å². The van der Waals surface area contributed by atoms with Crippen LogP contribution < -0.4 is 20.1 Å². The Bertz CT molecular complexity index is 1330. The van der Waals surface area contributed by atoms with Crippen LogP contribution in [0, 0.1) is 5.82 Å². The highest BCUT2D eigenvalue weighted by atomic mass is 19.1. The number of fused-ring (bicyclic) bond motifs is 1. The summed E-state index contributed by atoms with van der Waals surface area (Å²) in [6.45, 7) is 4.18. The van der Waals surface area contributed by atoms with Crippen LogP contribution in [0.25, 0.3) is 16.6 Å². The van der Waals surface area contributed by atoms with Gasteiger partial charge >= 0.3 is 0 Å². The molecule has 1 N–H and O–H groups in total. The zero-order valence-electron chi connectivity index (χ0n) is 18.5. The molecule has 0 radical (unpaired) electrons. The lowest BCUT2D eigenvalue weighted by Gasteiger charge is -2.34. The van der Waals surface area contributed by atoms with E-state index in [0.29, 0.717) is 29.0 Å². The van der Waals surface area contributed by atoms with Gasteiger partial charge in [0, 0.05) is 0 Å². The average Bonchev–Trinajstić information content (AvgIpc) is 2.86. The Kier molecular flexibility index (Phi) is 5.79. The second-order valence-electron chi connectivity index (χ2n) is 8.25. The predicted octanol–water partition coefficient (Wildman–Crippen LogP) is 2.44. The first kappa shape index (κ1) is 21.2. The number of para-hydroxylation sites is 3. The number of halogens is 1. The number of piperazine rings is 1. The average molecular weight is 446 g/mol. The lowest BCUT2D eigenvalue weighted by atomic mass is 10.2. The van der Waals surface area contributed by atoms with E-state index in [1.54, 1.807) is 29.9 Å². The van der Waals surface area contributed by atoms with Gasteiger partial charge in [-0.25, -0.2) is 9.37 Å². The number of nitrogens with one attached hydrogen (secondary N) is 1. The molecule has 5 rings (SSSR count). The third-order valence-corrected chi connectivity index (χ3v) is 6.23. The molecule has 1 saturated heterocycles. The number of aromatic nitrogens is 2. The van der Waals surface area contributed by atoms with Crippen molar-refractivity contribution in [1.29, 1.82) is 0 Å². The van der Waals surface area contributed by atoms with Gasteiger partial charge in [-0.05, 0) is 48.5 Å². The van der Waals surface area contributed by atoms with Crippen LogP contribution in [0.3, 0.4) is 0 Å². The lowest BCUT2D eigenvalue weighted by Crippen LogP contribution is -3.13. The Hall–Kier alpha value is -3.71. The van der Waals surface area contributed by atoms with Crippen LogP contribution in [0.2, 0.25) is 0 Å². The first-order valence-corrected chi connectivity index (χ1v) is 11.1. The number of quaternary nitrogens is 1. The number of hydrogen-bond acceptors (Lipinski definition) is 4. The van der Waals surface area contributed by atoms with E-state index in [1.165, 1.54) is 17.0 Å². The highest BCUT2D eigenvalue weighted by molar-refractivity contribution is 5.77. The van der Waals surface area contributed by atoms with Gasteiger partial charge in [-0.2, -0.15) is 0 Å². The minimum atomic E-state index is -0.333. The summed E-state index contributed by atoms with van der Waals surface area (Å²) in [4.78, 5) is 21.9. The number of anilines is 1. The molecule has 4 aromatic rings.